The molecule has 3 aliphatic rings. The molecular formula is C40H38BrF6N11O. The van der Waals surface area contributed by atoms with E-state index >= 15 is 0 Å². The summed E-state index contributed by atoms with van der Waals surface area (Å²) in [5.74, 6) is 2.59. The number of likely N-dealkylation sites (tertiary alicyclic amines) is 1. The van der Waals surface area contributed by atoms with E-state index in [2.05, 4.69) is 61.4 Å². The van der Waals surface area contributed by atoms with Crippen molar-refractivity contribution in [2.75, 3.05) is 30.8 Å². The summed E-state index contributed by atoms with van der Waals surface area (Å²) in [5.41, 5.74) is -1.56. The highest BCUT2D eigenvalue weighted by Gasteiger charge is 2.37. The van der Waals surface area contributed by atoms with Gasteiger partial charge in [0, 0.05) is 61.1 Å². The fraction of sp³-hybridized carbons (Fsp3) is 0.350. The van der Waals surface area contributed by atoms with Crippen molar-refractivity contribution in [1.82, 2.24) is 43.9 Å². The molecule has 59 heavy (non-hydrogen) atoms. The molecule has 5 heterocycles. The first kappa shape index (κ1) is 40.4. The third-order valence-corrected chi connectivity index (χ3v) is 10.5. The second kappa shape index (κ2) is 16.0. The Hall–Kier alpha value is -5.40. The molecule has 3 fully saturated rings. The zero-order valence-corrected chi connectivity index (χ0v) is 33.1. The van der Waals surface area contributed by atoms with Gasteiger partial charge in [-0.2, -0.15) is 36.3 Å². The van der Waals surface area contributed by atoms with Gasteiger partial charge in [0.2, 0.25) is 11.9 Å². The van der Waals surface area contributed by atoms with Crippen molar-refractivity contribution in [2.45, 2.75) is 68.6 Å². The van der Waals surface area contributed by atoms with Crippen molar-refractivity contribution in [3.8, 4) is 34.4 Å². The van der Waals surface area contributed by atoms with Crippen molar-refractivity contribution in [3.05, 3.63) is 107 Å². The van der Waals surface area contributed by atoms with Gasteiger partial charge in [-0.1, -0.05) is 24.3 Å². The molecule has 6 aromatic rings. The van der Waals surface area contributed by atoms with Gasteiger partial charge in [-0.05, 0) is 97.9 Å². The number of hydrogen-bond acceptors (Lipinski definition) is 10. The molecular weight excluding hydrogens is 844 g/mol. The SMILES string of the molecule is CN1CCC(O)(c2cn(-c3ccnc(NC4CC4)n3)c(-c3cccc(C(F)(F)F)c3)n2)CC1.FC(F)(F)c1cccc(-c2nc(Br)cn2-c2ccnc(NC3CC3)n2)c1. The summed E-state index contributed by atoms with van der Waals surface area (Å²) < 4.78 is 83.0. The van der Waals surface area contributed by atoms with Crippen LogP contribution in [0, 0.1) is 0 Å². The lowest BCUT2D eigenvalue weighted by Crippen LogP contribution is -2.40. The number of nitrogens with zero attached hydrogens (tertiary/aromatic N) is 9. The maximum Gasteiger partial charge on any atom is 0.416 e. The number of nitrogens with one attached hydrogen (secondary N) is 2. The van der Waals surface area contributed by atoms with Crippen LogP contribution in [0.2, 0.25) is 0 Å². The highest BCUT2D eigenvalue weighted by Crippen LogP contribution is 2.37. The first-order chi connectivity index (χ1) is 28.1. The van der Waals surface area contributed by atoms with Gasteiger partial charge in [0.1, 0.15) is 33.5 Å². The Labute approximate surface area is 342 Å². The summed E-state index contributed by atoms with van der Waals surface area (Å²) >= 11 is 3.29. The van der Waals surface area contributed by atoms with Crippen LogP contribution in [0.4, 0.5) is 38.2 Å². The van der Waals surface area contributed by atoms with Crippen molar-refractivity contribution in [1.29, 1.82) is 0 Å². The van der Waals surface area contributed by atoms with Gasteiger partial charge in [-0.3, -0.25) is 9.13 Å². The number of hydrogen-bond donors (Lipinski definition) is 3. The lowest BCUT2D eigenvalue weighted by molar-refractivity contribution is -0.138. The number of imidazole rings is 2. The maximum absolute atomic E-state index is 13.4. The minimum Gasteiger partial charge on any atom is -0.383 e. The molecule has 308 valence electrons. The lowest BCUT2D eigenvalue weighted by Gasteiger charge is -2.35. The Bertz CT molecular complexity index is 2440. The third kappa shape index (κ3) is 9.57. The molecule has 0 radical (unpaired) electrons. The average Bonchev–Trinajstić information content (AvgIpc) is 4.13. The fourth-order valence-corrected chi connectivity index (χ4v) is 6.93. The Kier molecular flexibility index (Phi) is 10.9. The minimum atomic E-state index is -4.47. The molecule has 0 unspecified atom stereocenters. The molecule has 9 rings (SSSR count). The zero-order valence-electron chi connectivity index (χ0n) is 31.5. The molecule has 0 spiro atoms. The molecule has 2 aromatic carbocycles. The van der Waals surface area contributed by atoms with Crippen LogP contribution in [0.3, 0.4) is 0 Å². The molecule has 2 aliphatic carbocycles. The predicted molar refractivity (Wildman–Crippen MR) is 211 cm³/mol. The van der Waals surface area contributed by atoms with Crippen molar-refractivity contribution < 1.29 is 31.4 Å². The molecule has 0 amide bonds. The summed E-state index contributed by atoms with van der Waals surface area (Å²) in [6.07, 6.45) is 2.92. The average molecular weight is 883 g/mol. The number of alkyl halides is 6. The van der Waals surface area contributed by atoms with E-state index in [0.717, 1.165) is 49.9 Å². The third-order valence-electron chi connectivity index (χ3n) is 10.2. The minimum absolute atomic E-state index is 0.291. The van der Waals surface area contributed by atoms with Crippen molar-refractivity contribution >= 4 is 27.8 Å². The summed E-state index contributed by atoms with van der Waals surface area (Å²) in [6, 6.07) is 14.2. The molecule has 0 bridgehead atoms. The van der Waals surface area contributed by atoms with E-state index in [0.29, 0.717) is 94.6 Å². The monoisotopic (exact) mass is 881 g/mol. The first-order valence-electron chi connectivity index (χ1n) is 18.9. The lowest BCUT2D eigenvalue weighted by atomic mass is 9.89. The van der Waals surface area contributed by atoms with Crippen molar-refractivity contribution in [2.24, 2.45) is 0 Å². The standard InChI is InChI=1S/C23H25F3N6O.C17H13BrF3N5/c1-31-11-8-22(33,9-12-31)18-14-32(19-7-10-27-21(30-19)28-17-5-6-17)20(29-18)15-3-2-4-16(13-15)23(24,25)26;18-13-9-26(14-6-7-22-16(25-14)23-12-4-5-12)15(24-13)10-2-1-3-11(8-10)17(19,20)21/h2-4,7,10,13-14,17,33H,5-6,8-9,11-12H2,1H3,(H,27,28,30);1-3,6-9,12H,4-5H2,(H,22,23,25). The van der Waals surface area contributed by atoms with E-state index in [-0.39, 0.29) is 0 Å². The molecule has 12 nitrogen and oxygen atoms in total. The van der Waals surface area contributed by atoms with E-state index in [1.165, 1.54) is 12.1 Å². The van der Waals surface area contributed by atoms with Crippen LogP contribution in [0.25, 0.3) is 34.4 Å². The highest BCUT2D eigenvalue weighted by molar-refractivity contribution is 9.10. The molecule has 4 aromatic heterocycles. The molecule has 1 aliphatic heterocycles. The fourth-order valence-electron chi connectivity index (χ4n) is 6.55. The number of aliphatic hydroxyl groups is 1. The Morgan fingerprint density at radius 1 is 0.678 bits per heavy atom. The predicted octanol–water partition coefficient (Wildman–Crippen LogP) is 8.52. The summed E-state index contributed by atoms with van der Waals surface area (Å²) in [6.45, 7) is 1.40. The van der Waals surface area contributed by atoms with Crippen LogP contribution in [-0.4, -0.2) is 81.3 Å². The van der Waals surface area contributed by atoms with Gasteiger partial charge < -0.3 is 20.6 Å². The molecule has 19 heteroatoms. The Morgan fingerprint density at radius 3 is 1.63 bits per heavy atom. The number of piperidine rings is 1. The topological polar surface area (TPSA) is 135 Å². The van der Waals surface area contributed by atoms with Gasteiger partial charge in [0.25, 0.3) is 0 Å². The van der Waals surface area contributed by atoms with Gasteiger partial charge in [0.05, 0.1) is 16.8 Å². The van der Waals surface area contributed by atoms with Gasteiger partial charge in [0.15, 0.2) is 0 Å². The molecule has 2 saturated carbocycles. The van der Waals surface area contributed by atoms with E-state index in [1.807, 2.05) is 7.05 Å². The number of benzene rings is 2. The highest BCUT2D eigenvalue weighted by atomic mass is 79.9. The Balaban J connectivity index is 0.000000169. The normalized spacial score (nSPS) is 17.0. The van der Waals surface area contributed by atoms with Crippen LogP contribution in [0.5, 0.6) is 0 Å². The van der Waals surface area contributed by atoms with E-state index < -0.39 is 29.1 Å². The summed E-state index contributed by atoms with van der Waals surface area (Å²) in [4.78, 5) is 28.5. The summed E-state index contributed by atoms with van der Waals surface area (Å²) in [5, 5.41) is 17.8. The first-order valence-corrected chi connectivity index (χ1v) is 19.7. The summed E-state index contributed by atoms with van der Waals surface area (Å²) in [7, 11) is 1.99. The number of rotatable bonds is 9. The number of halogens is 7. The van der Waals surface area contributed by atoms with Crippen LogP contribution in [0.15, 0.2) is 90.1 Å². The van der Waals surface area contributed by atoms with Crippen molar-refractivity contribution in [3.63, 3.8) is 0 Å². The number of anilines is 2. The van der Waals surface area contributed by atoms with E-state index in [4.69, 9.17) is 0 Å². The molecule has 1 saturated heterocycles. The van der Waals surface area contributed by atoms with Crippen LogP contribution in [-0.2, 0) is 18.0 Å². The second-order valence-corrected chi connectivity index (χ2v) is 15.7. The molecule has 0 atom stereocenters. The maximum atomic E-state index is 13.4. The van der Waals surface area contributed by atoms with Crippen LogP contribution < -0.4 is 10.6 Å². The number of aromatic nitrogens is 8. The largest absolute Gasteiger partial charge is 0.416 e. The van der Waals surface area contributed by atoms with Gasteiger partial charge in [-0.25, -0.2) is 19.9 Å². The van der Waals surface area contributed by atoms with E-state index in [9.17, 15) is 31.4 Å². The second-order valence-electron chi connectivity index (χ2n) is 14.9. The van der Waals surface area contributed by atoms with Gasteiger partial charge >= 0.3 is 12.4 Å². The Morgan fingerprint density at radius 2 is 1.15 bits per heavy atom. The van der Waals surface area contributed by atoms with Gasteiger partial charge in [-0.15, -0.1) is 0 Å². The van der Waals surface area contributed by atoms with Crippen LogP contribution in [0.1, 0.15) is 55.3 Å². The zero-order chi connectivity index (χ0) is 41.5. The van der Waals surface area contributed by atoms with E-state index in [1.54, 1.807) is 58.2 Å². The van der Waals surface area contributed by atoms with Crippen LogP contribution >= 0.6 is 15.9 Å². The molecule has 3 N–H and O–H groups in total. The smallest absolute Gasteiger partial charge is 0.383 e. The quantitative estimate of drug-likeness (QED) is 0.121.